The Kier molecular flexibility index (Phi) is 3.99. The number of rotatable bonds is 7. The van der Waals surface area contributed by atoms with Gasteiger partial charge < -0.3 is 10.8 Å². The molecule has 0 aromatic heterocycles. The number of sulfonamides is 1. The molecule has 0 heterocycles. The van der Waals surface area contributed by atoms with Gasteiger partial charge in [0.2, 0.25) is 5.91 Å². The standard InChI is InChI=1S/C12H14N2O6S/c13-10(15)7-20-14-21(18,19)9-3-1-8(2-4-9)12(5-6-12)11(16)17/h1-4,14H,5-7H2,(H2,13,15)(H,16,17). The van der Waals surface area contributed by atoms with Crippen LogP contribution in [0, 0.1) is 0 Å². The van der Waals surface area contributed by atoms with Gasteiger partial charge in [-0.2, -0.15) is 0 Å². The zero-order valence-electron chi connectivity index (χ0n) is 10.9. The zero-order chi connectivity index (χ0) is 15.7. The number of carbonyl (C=O) groups excluding carboxylic acids is 1. The minimum Gasteiger partial charge on any atom is -0.481 e. The van der Waals surface area contributed by atoms with Gasteiger partial charge in [0.1, 0.15) is 6.61 Å². The Bertz CT molecular complexity index is 663. The molecule has 1 aromatic rings. The number of aliphatic carboxylic acids is 1. The highest BCUT2D eigenvalue weighted by molar-refractivity contribution is 7.89. The van der Waals surface area contributed by atoms with Crippen LogP contribution in [0.25, 0.3) is 0 Å². The molecular formula is C12H14N2O6S. The van der Waals surface area contributed by atoms with E-state index in [9.17, 15) is 18.0 Å². The SMILES string of the molecule is NC(=O)CONS(=O)(=O)c1ccc(C2(C(=O)O)CC2)cc1. The summed E-state index contributed by atoms with van der Waals surface area (Å²) in [4.78, 5) is 27.7. The highest BCUT2D eigenvalue weighted by atomic mass is 32.2. The molecule has 1 aliphatic rings. The van der Waals surface area contributed by atoms with Gasteiger partial charge in [-0.3, -0.25) is 14.4 Å². The Morgan fingerprint density at radius 1 is 1.29 bits per heavy atom. The smallest absolute Gasteiger partial charge is 0.314 e. The molecule has 2 rings (SSSR count). The van der Waals surface area contributed by atoms with Crippen LogP contribution in [0.4, 0.5) is 0 Å². The maximum absolute atomic E-state index is 11.8. The predicted molar refractivity (Wildman–Crippen MR) is 70.5 cm³/mol. The van der Waals surface area contributed by atoms with E-state index in [1.165, 1.54) is 24.3 Å². The molecule has 1 aromatic carbocycles. The lowest BCUT2D eigenvalue weighted by Crippen LogP contribution is -2.29. The maximum Gasteiger partial charge on any atom is 0.314 e. The normalized spacial score (nSPS) is 16.4. The molecule has 0 aliphatic heterocycles. The molecule has 0 bridgehead atoms. The van der Waals surface area contributed by atoms with Gasteiger partial charge in [0.15, 0.2) is 0 Å². The second-order valence-electron chi connectivity index (χ2n) is 4.75. The van der Waals surface area contributed by atoms with Crippen molar-refractivity contribution in [1.82, 2.24) is 4.89 Å². The maximum atomic E-state index is 11.8. The van der Waals surface area contributed by atoms with Crippen molar-refractivity contribution in [2.45, 2.75) is 23.2 Å². The van der Waals surface area contributed by atoms with Crippen LogP contribution in [0.2, 0.25) is 0 Å². The van der Waals surface area contributed by atoms with E-state index in [4.69, 9.17) is 10.8 Å². The van der Waals surface area contributed by atoms with E-state index in [1.54, 1.807) is 4.89 Å². The predicted octanol–water partition coefficient (Wildman–Crippen LogP) is -0.502. The first-order chi connectivity index (χ1) is 9.78. The number of benzene rings is 1. The number of carboxylic acid groups (broad SMARTS) is 1. The summed E-state index contributed by atoms with van der Waals surface area (Å²) < 4.78 is 23.6. The van der Waals surface area contributed by atoms with Crippen LogP contribution in [0.1, 0.15) is 18.4 Å². The van der Waals surface area contributed by atoms with E-state index >= 15 is 0 Å². The molecule has 0 saturated heterocycles. The second kappa shape index (κ2) is 5.43. The van der Waals surface area contributed by atoms with Crippen molar-refractivity contribution in [1.29, 1.82) is 0 Å². The first-order valence-corrected chi connectivity index (χ1v) is 7.52. The van der Waals surface area contributed by atoms with Crippen molar-refractivity contribution < 1.29 is 28.0 Å². The number of hydrogen-bond acceptors (Lipinski definition) is 5. The minimum absolute atomic E-state index is 0.100. The lowest BCUT2D eigenvalue weighted by molar-refractivity contribution is -0.140. The molecule has 1 aliphatic carbocycles. The number of carbonyl (C=O) groups is 2. The Balaban J connectivity index is 2.12. The van der Waals surface area contributed by atoms with Gasteiger partial charge in [0.25, 0.3) is 10.0 Å². The fourth-order valence-corrected chi connectivity index (χ4v) is 2.74. The monoisotopic (exact) mass is 314 g/mol. The molecule has 0 radical (unpaired) electrons. The molecule has 4 N–H and O–H groups in total. The Hall–Kier alpha value is -1.97. The molecule has 0 atom stereocenters. The summed E-state index contributed by atoms with van der Waals surface area (Å²) in [5.74, 6) is -1.73. The van der Waals surface area contributed by atoms with Crippen LogP contribution >= 0.6 is 0 Å². The van der Waals surface area contributed by atoms with E-state index in [0.717, 1.165) is 0 Å². The van der Waals surface area contributed by atoms with E-state index in [-0.39, 0.29) is 4.90 Å². The average Bonchev–Trinajstić information content (AvgIpc) is 3.19. The van der Waals surface area contributed by atoms with Gasteiger partial charge in [-0.05, 0) is 30.5 Å². The topological polar surface area (TPSA) is 136 Å². The Labute approximate surface area is 120 Å². The van der Waals surface area contributed by atoms with E-state index < -0.39 is 33.9 Å². The highest BCUT2D eigenvalue weighted by Crippen LogP contribution is 2.48. The minimum atomic E-state index is -3.95. The summed E-state index contributed by atoms with van der Waals surface area (Å²) >= 11 is 0. The van der Waals surface area contributed by atoms with Gasteiger partial charge in [0.05, 0.1) is 10.3 Å². The number of nitrogens with two attached hydrogens (primary N) is 1. The van der Waals surface area contributed by atoms with Crippen LogP contribution in [-0.2, 0) is 29.9 Å². The number of amides is 1. The molecule has 0 spiro atoms. The molecule has 1 amide bonds. The fourth-order valence-electron chi connectivity index (χ4n) is 1.93. The summed E-state index contributed by atoms with van der Waals surface area (Å²) in [6.45, 7) is -0.584. The molecule has 8 nitrogen and oxygen atoms in total. The van der Waals surface area contributed by atoms with Crippen molar-refractivity contribution in [2.75, 3.05) is 6.61 Å². The molecule has 1 fully saturated rings. The van der Waals surface area contributed by atoms with Gasteiger partial charge in [0, 0.05) is 0 Å². The molecular weight excluding hydrogens is 300 g/mol. The summed E-state index contributed by atoms with van der Waals surface area (Å²) in [6.07, 6.45) is 1.07. The lowest BCUT2D eigenvalue weighted by Gasteiger charge is -2.11. The van der Waals surface area contributed by atoms with Crippen molar-refractivity contribution in [3.05, 3.63) is 29.8 Å². The Morgan fingerprint density at radius 3 is 2.29 bits per heavy atom. The van der Waals surface area contributed by atoms with Crippen LogP contribution in [0.5, 0.6) is 0 Å². The summed E-state index contributed by atoms with van der Waals surface area (Å²) in [5.41, 5.74) is 4.48. The van der Waals surface area contributed by atoms with Crippen molar-refractivity contribution in [3.63, 3.8) is 0 Å². The average molecular weight is 314 g/mol. The fraction of sp³-hybridized carbons (Fsp3) is 0.333. The van der Waals surface area contributed by atoms with Crippen LogP contribution in [-0.4, -0.2) is 32.0 Å². The first-order valence-electron chi connectivity index (χ1n) is 6.04. The number of hydrogen-bond donors (Lipinski definition) is 3. The van der Waals surface area contributed by atoms with Crippen LogP contribution in [0.15, 0.2) is 29.2 Å². The molecule has 1 saturated carbocycles. The molecule has 114 valence electrons. The largest absolute Gasteiger partial charge is 0.481 e. The van der Waals surface area contributed by atoms with Crippen molar-refractivity contribution in [2.24, 2.45) is 5.73 Å². The summed E-state index contributed by atoms with van der Waals surface area (Å²) in [7, 11) is -3.95. The van der Waals surface area contributed by atoms with Gasteiger partial charge in [-0.25, -0.2) is 8.42 Å². The number of nitrogens with one attached hydrogen (secondary N) is 1. The third kappa shape index (κ3) is 3.20. The Morgan fingerprint density at radius 2 is 1.86 bits per heavy atom. The second-order valence-corrected chi connectivity index (χ2v) is 6.40. The quantitative estimate of drug-likeness (QED) is 0.580. The third-order valence-corrected chi connectivity index (χ3v) is 4.49. The first kappa shape index (κ1) is 15.4. The van der Waals surface area contributed by atoms with E-state index in [2.05, 4.69) is 4.84 Å². The van der Waals surface area contributed by atoms with Crippen LogP contribution in [0.3, 0.4) is 0 Å². The van der Waals surface area contributed by atoms with E-state index in [0.29, 0.717) is 18.4 Å². The number of carboxylic acids is 1. The molecule has 0 unspecified atom stereocenters. The lowest BCUT2D eigenvalue weighted by atomic mass is 9.96. The van der Waals surface area contributed by atoms with Gasteiger partial charge >= 0.3 is 5.97 Å². The van der Waals surface area contributed by atoms with Gasteiger partial charge in [-0.15, -0.1) is 0 Å². The third-order valence-electron chi connectivity index (χ3n) is 3.26. The highest BCUT2D eigenvalue weighted by Gasteiger charge is 2.51. The van der Waals surface area contributed by atoms with E-state index in [1.807, 2.05) is 0 Å². The van der Waals surface area contributed by atoms with Crippen LogP contribution < -0.4 is 10.6 Å². The van der Waals surface area contributed by atoms with Crippen molar-refractivity contribution in [3.8, 4) is 0 Å². The molecule has 9 heteroatoms. The zero-order valence-corrected chi connectivity index (χ0v) is 11.7. The van der Waals surface area contributed by atoms with Crippen molar-refractivity contribution >= 4 is 21.9 Å². The van der Waals surface area contributed by atoms with Gasteiger partial charge in [-0.1, -0.05) is 17.0 Å². The summed E-state index contributed by atoms with van der Waals surface area (Å²) in [6, 6.07) is 5.50. The summed E-state index contributed by atoms with van der Waals surface area (Å²) in [5, 5.41) is 9.16. The molecule has 21 heavy (non-hydrogen) atoms. The number of primary amides is 1.